The summed E-state index contributed by atoms with van der Waals surface area (Å²) in [6.45, 7) is 10.4. The van der Waals surface area contributed by atoms with E-state index in [1.807, 2.05) is 24.3 Å². The summed E-state index contributed by atoms with van der Waals surface area (Å²) in [5, 5.41) is 18.1. The van der Waals surface area contributed by atoms with Crippen LogP contribution < -0.4 is 16.0 Å². The molecule has 0 amide bonds. The molecule has 3 heterocycles. The molecule has 0 saturated carbocycles. The first-order valence-corrected chi connectivity index (χ1v) is 14.5. The molecule has 3 aromatic rings. The summed E-state index contributed by atoms with van der Waals surface area (Å²) in [5.74, 6) is 0.964. The van der Waals surface area contributed by atoms with Crippen LogP contribution >= 0.6 is 11.3 Å². The van der Waals surface area contributed by atoms with Gasteiger partial charge in [-0.05, 0) is 63.4 Å². The van der Waals surface area contributed by atoms with Crippen LogP contribution in [0.2, 0.25) is 0 Å². The predicted octanol–water partition coefficient (Wildman–Crippen LogP) is 6.36. The fourth-order valence-corrected chi connectivity index (χ4v) is 6.05. The number of nitrogens with zero attached hydrogens (tertiary/aromatic N) is 5. The molecule has 0 aliphatic carbocycles. The van der Waals surface area contributed by atoms with Crippen molar-refractivity contribution >= 4 is 34.3 Å². The summed E-state index contributed by atoms with van der Waals surface area (Å²) in [5.41, 5.74) is 8.69. The third-order valence-corrected chi connectivity index (χ3v) is 7.97. The van der Waals surface area contributed by atoms with Gasteiger partial charge in [-0.3, -0.25) is 15.0 Å². The average Bonchev–Trinajstić information content (AvgIpc) is 3.40. The van der Waals surface area contributed by atoms with Gasteiger partial charge in [-0.15, -0.1) is 11.3 Å². The van der Waals surface area contributed by atoms with Gasteiger partial charge in [0.05, 0.1) is 16.7 Å². The lowest BCUT2D eigenvalue weighted by molar-refractivity contribution is -0.384. The van der Waals surface area contributed by atoms with E-state index in [-0.39, 0.29) is 17.5 Å². The van der Waals surface area contributed by atoms with Crippen molar-refractivity contribution in [2.24, 2.45) is 5.73 Å². The number of nitrogens with two attached hydrogens (primary N) is 1. The van der Waals surface area contributed by atoms with Crippen molar-refractivity contribution in [2.45, 2.75) is 65.0 Å². The molecule has 204 valence electrons. The first-order valence-electron chi connectivity index (χ1n) is 13.7. The molecule has 9 nitrogen and oxygen atoms in total. The van der Waals surface area contributed by atoms with E-state index in [1.165, 1.54) is 6.07 Å². The van der Waals surface area contributed by atoms with E-state index in [0.29, 0.717) is 6.04 Å². The summed E-state index contributed by atoms with van der Waals surface area (Å²) in [6.07, 6.45) is 5.06. The van der Waals surface area contributed by atoms with Crippen molar-refractivity contribution in [3.8, 4) is 11.3 Å². The molecule has 1 saturated heterocycles. The van der Waals surface area contributed by atoms with Gasteiger partial charge in [0.25, 0.3) is 0 Å². The van der Waals surface area contributed by atoms with Gasteiger partial charge in [0.1, 0.15) is 10.8 Å². The molecular formula is C28H39N7O2S. The molecule has 1 aliphatic rings. The number of aromatic nitrogens is 2. The van der Waals surface area contributed by atoms with Gasteiger partial charge < -0.3 is 16.0 Å². The first-order chi connectivity index (χ1) is 18.4. The number of benzene rings is 1. The van der Waals surface area contributed by atoms with Crippen molar-refractivity contribution in [3.05, 3.63) is 56.9 Å². The number of anilines is 3. The summed E-state index contributed by atoms with van der Waals surface area (Å²) in [7, 11) is 0. The van der Waals surface area contributed by atoms with Crippen LogP contribution in [0.15, 0.2) is 41.8 Å². The van der Waals surface area contributed by atoms with Crippen LogP contribution in [-0.2, 0) is 0 Å². The standard InChI is InChI=1S/C28H39N7O2S/c1-4-15-33(16-5-2)24(6-3)28-31-23(19-38-28)20-7-9-22(10-8-20)30-27-25(35(36)37)11-12-26(32-27)34-17-13-21(29)14-18-34/h7-12,19,21,24H,4-6,13-18,29H2,1-3H3,(H,30,32). The lowest BCUT2D eigenvalue weighted by Gasteiger charge is -2.31. The molecule has 3 N–H and O–H groups in total. The highest BCUT2D eigenvalue weighted by molar-refractivity contribution is 7.10. The molecule has 0 radical (unpaired) electrons. The Morgan fingerprint density at radius 2 is 1.79 bits per heavy atom. The van der Waals surface area contributed by atoms with E-state index in [0.717, 1.165) is 86.1 Å². The van der Waals surface area contributed by atoms with Crippen molar-refractivity contribution in [3.63, 3.8) is 0 Å². The molecule has 0 spiro atoms. The van der Waals surface area contributed by atoms with Crippen LogP contribution in [-0.4, -0.2) is 52.0 Å². The topological polar surface area (TPSA) is 113 Å². The molecule has 38 heavy (non-hydrogen) atoms. The molecule has 1 atom stereocenters. The summed E-state index contributed by atoms with van der Waals surface area (Å²) >= 11 is 1.72. The maximum Gasteiger partial charge on any atom is 0.311 e. The van der Waals surface area contributed by atoms with Gasteiger partial charge in [0, 0.05) is 41.8 Å². The number of piperidine rings is 1. The third kappa shape index (κ3) is 6.67. The summed E-state index contributed by atoms with van der Waals surface area (Å²) < 4.78 is 0. The van der Waals surface area contributed by atoms with Crippen molar-refractivity contribution in [1.82, 2.24) is 14.9 Å². The number of pyridine rings is 1. The molecule has 1 fully saturated rings. The number of thiazole rings is 1. The van der Waals surface area contributed by atoms with Crippen LogP contribution in [0, 0.1) is 10.1 Å². The second kappa shape index (κ2) is 13.1. The van der Waals surface area contributed by atoms with E-state index >= 15 is 0 Å². The molecular weight excluding hydrogens is 498 g/mol. The van der Waals surface area contributed by atoms with E-state index in [9.17, 15) is 10.1 Å². The zero-order valence-corrected chi connectivity index (χ0v) is 23.4. The van der Waals surface area contributed by atoms with Gasteiger partial charge in [-0.25, -0.2) is 9.97 Å². The molecule has 4 rings (SSSR count). The highest BCUT2D eigenvalue weighted by atomic mass is 32.1. The SMILES string of the molecule is CCCN(CCC)C(CC)c1nc(-c2ccc(Nc3nc(N4CCC(N)CC4)ccc3[N+](=O)[O-])cc2)cs1. The Morgan fingerprint density at radius 1 is 1.11 bits per heavy atom. The second-order valence-electron chi connectivity index (χ2n) is 9.85. The van der Waals surface area contributed by atoms with Crippen LogP contribution in [0.1, 0.15) is 63.9 Å². The van der Waals surface area contributed by atoms with E-state index < -0.39 is 4.92 Å². The molecule has 2 aromatic heterocycles. The minimum atomic E-state index is -0.402. The average molecular weight is 538 g/mol. The number of nitro groups is 1. The Hall–Kier alpha value is -3.08. The van der Waals surface area contributed by atoms with Crippen molar-refractivity contribution in [2.75, 3.05) is 36.4 Å². The Labute approximate surface area is 229 Å². The van der Waals surface area contributed by atoms with Gasteiger partial charge in [-0.1, -0.05) is 32.9 Å². The lowest BCUT2D eigenvalue weighted by atomic mass is 10.1. The van der Waals surface area contributed by atoms with Gasteiger partial charge in [0.2, 0.25) is 5.82 Å². The Kier molecular flexibility index (Phi) is 9.65. The summed E-state index contributed by atoms with van der Waals surface area (Å²) in [4.78, 5) is 25.6. The minimum absolute atomic E-state index is 0.0509. The Morgan fingerprint density at radius 3 is 2.39 bits per heavy atom. The normalized spacial score (nSPS) is 15.1. The lowest BCUT2D eigenvalue weighted by Crippen LogP contribution is -2.40. The van der Waals surface area contributed by atoms with E-state index in [1.54, 1.807) is 17.4 Å². The molecule has 1 aromatic carbocycles. The monoisotopic (exact) mass is 537 g/mol. The second-order valence-corrected chi connectivity index (χ2v) is 10.7. The smallest absolute Gasteiger partial charge is 0.311 e. The third-order valence-electron chi connectivity index (χ3n) is 7.02. The minimum Gasteiger partial charge on any atom is -0.356 e. The van der Waals surface area contributed by atoms with E-state index in [2.05, 4.69) is 46.3 Å². The molecule has 1 unspecified atom stereocenters. The van der Waals surface area contributed by atoms with Crippen LogP contribution in [0.4, 0.5) is 23.0 Å². The zero-order valence-electron chi connectivity index (χ0n) is 22.6. The van der Waals surface area contributed by atoms with Gasteiger partial charge in [0.15, 0.2) is 0 Å². The molecule has 1 aliphatic heterocycles. The van der Waals surface area contributed by atoms with Crippen LogP contribution in [0.5, 0.6) is 0 Å². The fourth-order valence-electron chi connectivity index (χ4n) is 5.01. The highest BCUT2D eigenvalue weighted by Crippen LogP contribution is 2.33. The van der Waals surface area contributed by atoms with Crippen LogP contribution in [0.25, 0.3) is 11.3 Å². The maximum absolute atomic E-state index is 11.7. The quantitative estimate of drug-likeness (QED) is 0.203. The van der Waals surface area contributed by atoms with Crippen molar-refractivity contribution < 1.29 is 4.92 Å². The number of nitrogens with one attached hydrogen (secondary N) is 1. The van der Waals surface area contributed by atoms with Gasteiger partial charge in [-0.2, -0.15) is 0 Å². The molecule has 10 heteroatoms. The number of hydrogen-bond acceptors (Lipinski definition) is 9. The Bertz CT molecular complexity index is 1190. The highest BCUT2D eigenvalue weighted by Gasteiger charge is 2.23. The largest absolute Gasteiger partial charge is 0.356 e. The predicted molar refractivity (Wildman–Crippen MR) is 156 cm³/mol. The molecule has 0 bridgehead atoms. The van der Waals surface area contributed by atoms with Gasteiger partial charge >= 0.3 is 5.69 Å². The maximum atomic E-state index is 11.7. The Balaban J connectivity index is 1.51. The number of hydrogen-bond donors (Lipinski definition) is 2. The first kappa shape index (κ1) is 27.9. The van der Waals surface area contributed by atoms with E-state index in [4.69, 9.17) is 10.7 Å². The van der Waals surface area contributed by atoms with Crippen LogP contribution in [0.3, 0.4) is 0 Å². The van der Waals surface area contributed by atoms with Crippen molar-refractivity contribution in [1.29, 1.82) is 0 Å². The summed E-state index contributed by atoms with van der Waals surface area (Å²) in [6, 6.07) is 11.6. The zero-order chi connectivity index (χ0) is 27.1. The fraction of sp³-hybridized carbons (Fsp3) is 0.500. The number of rotatable bonds is 12.